The molecule has 4 aromatic rings. The zero-order valence-electron chi connectivity index (χ0n) is 19.1. The first-order valence-corrected chi connectivity index (χ1v) is 11.0. The Morgan fingerprint density at radius 2 is 1.29 bits per heavy atom. The minimum Gasteiger partial charge on any atom is -0.478 e. The van der Waals surface area contributed by atoms with Gasteiger partial charge in [-0.15, -0.1) is 0 Å². The molecule has 1 atom stereocenters. The van der Waals surface area contributed by atoms with Crippen molar-refractivity contribution in [2.45, 2.75) is 32.2 Å². The molecule has 1 aromatic heterocycles. The van der Waals surface area contributed by atoms with Crippen molar-refractivity contribution in [3.05, 3.63) is 125 Å². The number of nitrogens with zero attached hydrogens (tertiary/aromatic N) is 2. The summed E-state index contributed by atoms with van der Waals surface area (Å²) in [5.41, 5.74) is 2.09. The maximum Gasteiger partial charge on any atom is 0.348 e. The molecule has 0 aliphatic rings. The molecule has 6 heteroatoms. The van der Waals surface area contributed by atoms with Gasteiger partial charge in [0.2, 0.25) is 6.10 Å². The average molecular weight is 455 g/mol. The zero-order chi connectivity index (χ0) is 24.0. The van der Waals surface area contributed by atoms with Crippen molar-refractivity contribution >= 4 is 5.97 Å². The van der Waals surface area contributed by atoms with Crippen molar-refractivity contribution in [1.29, 1.82) is 0 Å². The van der Waals surface area contributed by atoms with Crippen molar-refractivity contribution < 1.29 is 19.4 Å². The molecule has 4 rings (SSSR count). The first kappa shape index (κ1) is 23.1. The quantitative estimate of drug-likeness (QED) is 0.380. The fourth-order valence-electron chi connectivity index (χ4n) is 4.01. The summed E-state index contributed by atoms with van der Waals surface area (Å²) < 4.78 is 12.6. The molecule has 6 nitrogen and oxygen atoms in total. The molecule has 0 fully saturated rings. The van der Waals surface area contributed by atoms with Gasteiger partial charge in [-0.2, -0.15) is 0 Å². The van der Waals surface area contributed by atoms with Crippen LogP contribution < -0.4 is 4.74 Å². The zero-order valence-corrected chi connectivity index (χ0v) is 19.1. The minimum atomic E-state index is -1.48. The summed E-state index contributed by atoms with van der Waals surface area (Å²) in [7, 11) is 0. The molecule has 0 aliphatic carbocycles. The Bertz CT molecular complexity index is 1170. The van der Waals surface area contributed by atoms with E-state index >= 15 is 0 Å². The molecule has 0 amide bonds. The first-order valence-electron chi connectivity index (χ1n) is 11.0. The van der Waals surface area contributed by atoms with E-state index in [2.05, 4.69) is 9.97 Å². The van der Waals surface area contributed by atoms with E-state index in [0.29, 0.717) is 22.5 Å². The van der Waals surface area contributed by atoms with Crippen LogP contribution in [0.2, 0.25) is 0 Å². The summed E-state index contributed by atoms with van der Waals surface area (Å²) >= 11 is 0. The summed E-state index contributed by atoms with van der Waals surface area (Å²) in [6.07, 6.45) is -1.47. The third-order valence-electron chi connectivity index (χ3n) is 5.49. The predicted octanol–water partition coefficient (Wildman–Crippen LogP) is 5.09. The molecular formula is C28H26N2O4. The van der Waals surface area contributed by atoms with E-state index in [1.54, 1.807) is 6.07 Å². The van der Waals surface area contributed by atoms with Gasteiger partial charge in [-0.3, -0.25) is 0 Å². The van der Waals surface area contributed by atoms with Crippen molar-refractivity contribution in [3.8, 4) is 6.01 Å². The van der Waals surface area contributed by atoms with Gasteiger partial charge in [-0.05, 0) is 36.6 Å². The Kier molecular flexibility index (Phi) is 6.99. The van der Waals surface area contributed by atoms with E-state index < -0.39 is 17.7 Å². The Morgan fingerprint density at radius 1 is 0.824 bits per heavy atom. The molecule has 0 bridgehead atoms. The second-order valence-electron chi connectivity index (χ2n) is 8.01. The number of carboxylic acids is 1. The largest absolute Gasteiger partial charge is 0.478 e. The Morgan fingerprint density at radius 3 is 1.76 bits per heavy atom. The van der Waals surface area contributed by atoms with Gasteiger partial charge in [-0.1, -0.05) is 91.0 Å². The average Bonchev–Trinajstić information content (AvgIpc) is 2.85. The van der Waals surface area contributed by atoms with Gasteiger partial charge in [0, 0.05) is 11.4 Å². The van der Waals surface area contributed by atoms with Gasteiger partial charge in [0.1, 0.15) is 0 Å². The number of aromatic nitrogens is 2. The lowest BCUT2D eigenvalue weighted by Crippen LogP contribution is -2.51. The molecule has 3 aromatic carbocycles. The SMILES string of the molecule is Cc1cc(C)nc(O[C@@H](C(=O)O)C(OCc2ccccc2)(c2ccccc2)c2ccccc2)n1. The molecule has 0 spiro atoms. The molecule has 0 radical (unpaired) electrons. The van der Waals surface area contributed by atoms with E-state index in [4.69, 9.17) is 9.47 Å². The van der Waals surface area contributed by atoms with Gasteiger partial charge in [0.05, 0.1) is 6.61 Å². The van der Waals surface area contributed by atoms with Crippen LogP contribution in [-0.4, -0.2) is 27.1 Å². The maximum absolute atomic E-state index is 12.8. The smallest absolute Gasteiger partial charge is 0.348 e. The van der Waals surface area contributed by atoms with Crippen LogP contribution in [0.1, 0.15) is 28.1 Å². The number of hydrogen-bond acceptors (Lipinski definition) is 5. The first-order chi connectivity index (χ1) is 16.5. The van der Waals surface area contributed by atoms with E-state index in [1.807, 2.05) is 105 Å². The molecule has 34 heavy (non-hydrogen) atoms. The topological polar surface area (TPSA) is 81.5 Å². The minimum absolute atomic E-state index is 0.00977. The van der Waals surface area contributed by atoms with Crippen LogP contribution >= 0.6 is 0 Å². The fourth-order valence-corrected chi connectivity index (χ4v) is 4.01. The molecule has 0 unspecified atom stereocenters. The summed E-state index contributed by atoms with van der Waals surface area (Å²) in [4.78, 5) is 21.5. The van der Waals surface area contributed by atoms with Crippen LogP contribution in [0.15, 0.2) is 97.1 Å². The Labute approximate surface area is 198 Å². The molecule has 1 heterocycles. The van der Waals surface area contributed by atoms with Gasteiger partial charge < -0.3 is 14.6 Å². The van der Waals surface area contributed by atoms with Crippen molar-refractivity contribution in [3.63, 3.8) is 0 Å². The third kappa shape index (κ3) is 4.97. The molecular weight excluding hydrogens is 428 g/mol. The molecule has 1 N–H and O–H groups in total. The molecule has 0 saturated heterocycles. The number of aryl methyl sites for hydroxylation is 2. The lowest BCUT2D eigenvalue weighted by Gasteiger charge is -2.39. The van der Waals surface area contributed by atoms with Crippen LogP contribution in [0, 0.1) is 13.8 Å². The van der Waals surface area contributed by atoms with Crippen LogP contribution in [0.25, 0.3) is 0 Å². The highest BCUT2D eigenvalue weighted by Crippen LogP contribution is 2.40. The van der Waals surface area contributed by atoms with E-state index in [9.17, 15) is 9.90 Å². The van der Waals surface area contributed by atoms with Crippen LogP contribution in [0.3, 0.4) is 0 Å². The van der Waals surface area contributed by atoms with Gasteiger partial charge in [-0.25, -0.2) is 14.8 Å². The maximum atomic E-state index is 12.8. The monoisotopic (exact) mass is 454 g/mol. The van der Waals surface area contributed by atoms with Gasteiger partial charge >= 0.3 is 12.0 Å². The number of ether oxygens (including phenoxy) is 2. The molecule has 172 valence electrons. The number of hydrogen-bond donors (Lipinski definition) is 1. The predicted molar refractivity (Wildman–Crippen MR) is 128 cm³/mol. The van der Waals surface area contributed by atoms with E-state index in [-0.39, 0.29) is 12.6 Å². The summed E-state index contributed by atoms with van der Waals surface area (Å²) in [5.74, 6) is -1.19. The third-order valence-corrected chi connectivity index (χ3v) is 5.49. The number of carbonyl (C=O) groups is 1. The van der Waals surface area contributed by atoms with Crippen molar-refractivity contribution in [1.82, 2.24) is 9.97 Å². The molecule has 0 aliphatic heterocycles. The number of aliphatic carboxylic acids is 1. The summed E-state index contributed by atoms with van der Waals surface area (Å²) in [5, 5.41) is 10.5. The second-order valence-corrected chi connectivity index (χ2v) is 8.01. The number of carboxylic acid groups (broad SMARTS) is 1. The highest BCUT2D eigenvalue weighted by molar-refractivity contribution is 5.76. The van der Waals surface area contributed by atoms with Crippen LogP contribution in [0.4, 0.5) is 0 Å². The number of benzene rings is 3. The fraction of sp³-hybridized carbons (Fsp3) is 0.179. The number of rotatable bonds is 9. The van der Waals surface area contributed by atoms with E-state index in [0.717, 1.165) is 5.56 Å². The summed E-state index contributed by atoms with van der Waals surface area (Å²) in [6.45, 7) is 3.79. The highest BCUT2D eigenvalue weighted by Gasteiger charge is 2.50. The Balaban J connectivity index is 1.90. The second kappa shape index (κ2) is 10.3. The van der Waals surface area contributed by atoms with E-state index in [1.165, 1.54) is 0 Å². The Hall–Kier alpha value is -4.03. The van der Waals surface area contributed by atoms with Crippen LogP contribution in [0.5, 0.6) is 6.01 Å². The van der Waals surface area contributed by atoms with Gasteiger partial charge in [0.15, 0.2) is 5.60 Å². The lowest BCUT2D eigenvalue weighted by atomic mass is 9.81. The summed E-state index contributed by atoms with van der Waals surface area (Å²) in [6, 6.07) is 30.0. The standard InChI is InChI=1S/C28H26N2O4/c1-20-18-21(2)30-27(29-20)34-25(26(31)32)28(23-14-8-4-9-15-23,24-16-10-5-11-17-24)33-19-22-12-6-3-7-13-22/h3-18,25H,19H2,1-2H3,(H,31,32)/t25-/m0/s1. The lowest BCUT2D eigenvalue weighted by molar-refractivity contribution is -0.166. The van der Waals surface area contributed by atoms with Crippen LogP contribution in [-0.2, 0) is 21.7 Å². The van der Waals surface area contributed by atoms with Crippen molar-refractivity contribution in [2.75, 3.05) is 0 Å². The molecule has 0 saturated carbocycles. The highest BCUT2D eigenvalue weighted by atomic mass is 16.6. The van der Waals surface area contributed by atoms with Gasteiger partial charge in [0.25, 0.3) is 0 Å². The van der Waals surface area contributed by atoms with Crippen molar-refractivity contribution in [2.24, 2.45) is 0 Å². The normalized spacial score (nSPS) is 12.2.